The second-order valence-corrected chi connectivity index (χ2v) is 19.3. The highest BCUT2D eigenvalue weighted by atomic mass is 19.5. The van der Waals surface area contributed by atoms with Crippen LogP contribution >= 0.6 is 0 Å². The minimum atomic E-state index is -7.51. The molecule has 0 bridgehead atoms. The number of rotatable bonds is 28. The molecule has 0 unspecified atom stereocenters. The molecule has 0 radical (unpaired) electrons. The average Bonchev–Trinajstić information content (AvgIpc) is 0.764. The first-order chi connectivity index (χ1) is 43.1. The van der Waals surface area contributed by atoms with Crippen molar-refractivity contribution in [2.24, 2.45) is 0 Å². The molecule has 3 aromatic rings. The van der Waals surface area contributed by atoms with E-state index in [0.29, 0.717) is 18.2 Å². The summed E-state index contributed by atoms with van der Waals surface area (Å²) in [5.41, 5.74) is -5.63. The number of benzene rings is 3. The van der Waals surface area contributed by atoms with Gasteiger partial charge in [-0.2, -0.15) is 158 Å². The number of carbonyl (C=O) groups excluding carboxylic acids is 6. The number of nitrogen functional groups attached to an aromatic ring is 1. The molecule has 49 heteroatoms. The summed E-state index contributed by atoms with van der Waals surface area (Å²) in [6.45, 7) is -9.30. The molecular weight excluding hydrogens is 1460 g/mol. The lowest BCUT2D eigenvalue weighted by atomic mass is 10.0. The van der Waals surface area contributed by atoms with Gasteiger partial charge in [-0.25, -0.2) is 19.2 Å². The van der Waals surface area contributed by atoms with Gasteiger partial charge < -0.3 is 35.3 Å². The number of hydrogen-bond acceptors (Lipinski definition) is 11. The molecule has 0 saturated heterocycles. The molecule has 4 N–H and O–H groups in total. The molecule has 0 heterocycles. The smallest absolute Gasteiger partial charge is 0.460 e. The minimum Gasteiger partial charge on any atom is -0.462 e. The monoisotopic (exact) mass is 1490 g/mol. The fourth-order valence-electron chi connectivity index (χ4n) is 6.87. The Labute approximate surface area is 510 Å². The third-order valence-electron chi connectivity index (χ3n) is 12.2. The first-order valence-corrected chi connectivity index (χ1v) is 24.4. The van der Waals surface area contributed by atoms with E-state index in [1.165, 1.54) is 0 Å². The highest BCUT2D eigenvalue weighted by molar-refractivity contribution is 6.11. The zero-order chi connectivity index (χ0) is 75.9. The van der Waals surface area contributed by atoms with Crippen molar-refractivity contribution in [1.82, 2.24) is 0 Å². The molecule has 0 atom stereocenters. The number of hydrogen-bond donors (Lipinski definition) is 3. The van der Waals surface area contributed by atoms with Crippen LogP contribution in [0.1, 0.15) is 87.8 Å². The van der Waals surface area contributed by atoms with E-state index in [1.807, 2.05) is 0 Å². The zero-order valence-corrected chi connectivity index (χ0v) is 45.6. The van der Waals surface area contributed by atoms with Crippen molar-refractivity contribution in [3.8, 4) is 0 Å². The van der Waals surface area contributed by atoms with E-state index < -0.39 is 234 Å². The fourth-order valence-corrected chi connectivity index (χ4v) is 6.87. The summed E-state index contributed by atoms with van der Waals surface area (Å²) >= 11 is 0. The van der Waals surface area contributed by atoms with Gasteiger partial charge in [-0.15, -0.1) is 0 Å². The van der Waals surface area contributed by atoms with Gasteiger partial charge in [-0.1, -0.05) is 0 Å². The topological polar surface area (TPSA) is 189 Å². The number of nitrogens with one attached hydrogen (secondary N) is 2. The van der Waals surface area contributed by atoms with Gasteiger partial charge in [0.1, 0.15) is 0 Å². The maximum atomic E-state index is 14.2. The lowest BCUT2D eigenvalue weighted by Gasteiger charge is -2.33. The Kier molecular flexibility index (Phi) is 23.3. The fraction of sp³-hybridized carbons (Fsp3) is 0.500. The van der Waals surface area contributed by atoms with Gasteiger partial charge in [0.05, 0.1) is 74.4 Å². The molecule has 97 heavy (non-hydrogen) atoms. The molecule has 0 aromatic heterocycles. The number of anilines is 3. The number of amides is 2. The van der Waals surface area contributed by atoms with Crippen molar-refractivity contribution in [1.29, 1.82) is 0 Å². The summed E-state index contributed by atoms with van der Waals surface area (Å²) in [5, 5.41) is 3.35. The summed E-state index contributed by atoms with van der Waals surface area (Å²) in [5.74, 6) is -98.1. The number of nitrogens with two attached hydrogens (primary N) is 1. The molecule has 2 amide bonds. The first kappa shape index (κ1) is 83.0. The van der Waals surface area contributed by atoms with Crippen LogP contribution in [0, 0.1) is 0 Å². The molecular formula is C48H29F36N3O10. The highest BCUT2D eigenvalue weighted by Gasteiger charge is 2.84. The summed E-state index contributed by atoms with van der Waals surface area (Å²) in [6.07, 6.45) is -41.3. The van der Waals surface area contributed by atoms with Crippen LogP contribution in [0.4, 0.5) is 175 Å². The van der Waals surface area contributed by atoms with Crippen molar-refractivity contribution < 1.29 is 206 Å². The predicted octanol–water partition coefficient (Wildman–Crippen LogP) is 15.8. The molecule has 0 aliphatic heterocycles. The number of carbonyl (C=O) groups is 6. The van der Waals surface area contributed by atoms with Gasteiger partial charge >= 0.3 is 120 Å². The van der Waals surface area contributed by atoms with E-state index >= 15 is 0 Å². The van der Waals surface area contributed by atoms with Crippen LogP contribution < -0.4 is 16.4 Å². The molecule has 548 valence electrons. The Morgan fingerprint density at radius 3 is 0.619 bits per heavy atom. The van der Waals surface area contributed by atoms with E-state index in [0.717, 1.165) is 0 Å². The normalized spacial score (nSPS) is 14.2. The zero-order valence-electron chi connectivity index (χ0n) is 45.6. The molecule has 0 saturated carbocycles. The van der Waals surface area contributed by atoms with Crippen molar-refractivity contribution in [2.45, 2.75) is 121 Å². The van der Waals surface area contributed by atoms with Crippen LogP contribution in [-0.4, -0.2) is 158 Å². The summed E-state index contributed by atoms with van der Waals surface area (Å²) < 4.78 is 498. The maximum absolute atomic E-state index is 14.2. The van der Waals surface area contributed by atoms with E-state index in [2.05, 4.69) is 18.9 Å². The van der Waals surface area contributed by atoms with E-state index in [1.54, 1.807) is 10.6 Å². The van der Waals surface area contributed by atoms with Gasteiger partial charge in [0.25, 0.3) is 11.8 Å². The second kappa shape index (κ2) is 27.2. The Morgan fingerprint density at radius 1 is 0.268 bits per heavy atom. The summed E-state index contributed by atoms with van der Waals surface area (Å²) in [6, 6.07) is 1.88. The molecule has 3 aromatic carbocycles. The van der Waals surface area contributed by atoms with E-state index in [9.17, 15) is 187 Å². The Balaban J connectivity index is 2.11. The largest absolute Gasteiger partial charge is 0.462 e. The van der Waals surface area contributed by atoms with Crippen LogP contribution in [0.3, 0.4) is 0 Å². The Morgan fingerprint density at radius 2 is 0.443 bits per heavy atom. The first-order valence-electron chi connectivity index (χ1n) is 24.4. The van der Waals surface area contributed by atoms with Crippen molar-refractivity contribution in [3.63, 3.8) is 0 Å². The molecule has 0 spiro atoms. The third-order valence-corrected chi connectivity index (χ3v) is 12.2. The van der Waals surface area contributed by atoms with Gasteiger partial charge in [-0.3, -0.25) is 9.59 Å². The number of ether oxygens (including phenoxy) is 4. The SMILES string of the molecule is Nc1cc(C(=O)Nc2cc(C(=O)OCCC(F)(F)C(F)(F)C(F)(F)C(F)(F)F)cc(C(=O)OCCC(F)(F)C(F)(F)C(F)(F)C(F)(F)F)c2)cc(C(=O)Nc2cc(C(=O)OCCC(F)(F)C(F)(F)C(F)(F)C(F)(F)F)cc(C(=O)OCCC(F)(F)C(F)(F)C(F)(F)C(F)(F)F)c2)c1. The Bertz CT molecular complexity index is 3020. The van der Waals surface area contributed by atoms with E-state index in [-0.39, 0.29) is 36.4 Å². The van der Waals surface area contributed by atoms with Crippen molar-refractivity contribution in [3.05, 3.63) is 88.0 Å². The quantitative estimate of drug-likeness (QED) is 0.0271. The van der Waals surface area contributed by atoms with Crippen LogP contribution in [0.2, 0.25) is 0 Å². The third kappa shape index (κ3) is 16.8. The molecule has 0 fully saturated rings. The maximum Gasteiger partial charge on any atom is 0.460 e. The average molecular weight is 1490 g/mol. The molecule has 0 aliphatic rings. The van der Waals surface area contributed by atoms with Gasteiger partial charge in [0.2, 0.25) is 0 Å². The molecule has 0 aliphatic carbocycles. The highest BCUT2D eigenvalue weighted by Crippen LogP contribution is 2.58. The minimum absolute atomic E-state index is 0.0175. The lowest BCUT2D eigenvalue weighted by Crippen LogP contribution is -2.61. The number of alkyl halides is 36. The molecule has 13 nitrogen and oxygen atoms in total. The van der Waals surface area contributed by atoms with Gasteiger partial charge in [0, 0.05) is 28.2 Å². The second-order valence-electron chi connectivity index (χ2n) is 19.3. The van der Waals surface area contributed by atoms with Crippen molar-refractivity contribution >= 4 is 52.8 Å². The number of halogens is 36. The van der Waals surface area contributed by atoms with E-state index in [4.69, 9.17) is 5.73 Å². The lowest BCUT2D eigenvalue weighted by molar-refractivity contribution is -0.397. The van der Waals surface area contributed by atoms with Crippen molar-refractivity contribution in [2.75, 3.05) is 42.8 Å². The van der Waals surface area contributed by atoms with Gasteiger partial charge in [0.15, 0.2) is 0 Å². The molecule has 3 rings (SSSR count). The van der Waals surface area contributed by atoms with Crippen LogP contribution in [0.25, 0.3) is 0 Å². The van der Waals surface area contributed by atoms with Crippen LogP contribution in [0.5, 0.6) is 0 Å². The standard InChI is InChI=1S/C48H29F36N3O10/c49-33(50,37(57,58)41(65,66)45(73,74)75)1-5-94-29(90)20-10-21(30(91)95-6-2-34(51,52)38(59,60)42(67,68)46(76,77)78)15-25(14-20)86-27(88)18-9-19(13-24(85)12-18)28(89)87-26-16-22(31(92)96-7-3-35(53,54)39(61,62)43(69,70)47(79,80)81)11-23(17-26)32(93)97-8-4-36(55,56)40(63,64)44(71,72)48(82,83)84/h9-17H,1-8,85H2,(H,86,88)(H,87,89). The van der Waals surface area contributed by atoms with Crippen LogP contribution in [-0.2, 0) is 18.9 Å². The Hall–Kier alpha value is -8.24. The number of esters is 4. The summed E-state index contributed by atoms with van der Waals surface area (Å²) in [4.78, 5) is 78.8. The summed E-state index contributed by atoms with van der Waals surface area (Å²) in [7, 11) is 0. The van der Waals surface area contributed by atoms with Crippen LogP contribution in [0.15, 0.2) is 54.6 Å². The van der Waals surface area contributed by atoms with Gasteiger partial charge in [-0.05, 0) is 54.6 Å². The predicted molar refractivity (Wildman–Crippen MR) is 243 cm³/mol.